The van der Waals surface area contributed by atoms with Gasteiger partial charge in [0.15, 0.2) is 0 Å². The quantitative estimate of drug-likeness (QED) is 0.535. The van der Waals surface area contributed by atoms with Crippen molar-refractivity contribution < 1.29 is 9.85 Å². The molecule has 0 aliphatic rings. The van der Waals surface area contributed by atoms with Crippen LogP contribution in [0, 0.1) is 34.1 Å². The molecule has 0 radical (unpaired) electrons. The molecule has 0 atom stereocenters. The number of aryl methyl sites for hydroxylation is 1. The Hall–Kier alpha value is -1.98. The largest absolute Gasteiger partial charge is 0.349 e. The number of rotatable bonds is 2. The summed E-state index contributed by atoms with van der Waals surface area (Å²) in [5.41, 5.74) is 0.125. The smallest absolute Gasteiger partial charge is 0.258 e. The van der Waals surface area contributed by atoms with Crippen molar-refractivity contribution in [2.45, 2.75) is 13.8 Å². The zero-order valence-electron chi connectivity index (χ0n) is 7.68. The molecule has 0 heterocycles. The number of hydrogen-bond donors (Lipinski definition) is 0. The monoisotopic (exact) mass is 196 g/mol. The summed E-state index contributed by atoms with van der Waals surface area (Å²) in [6, 6.07) is 2.65. The van der Waals surface area contributed by atoms with E-state index in [1.54, 1.807) is 6.92 Å². The van der Waals surface area contributed by atoms with Crippen molar-refractivity contribution in [2.24, 2.45) is 0 Å². The fraction of sp³-hybridized carbons (Fsp3) is 0.250. The molecule has 1 rings (SSSR count). The minimum atomic E-state index is -0.745. The molecule has 0 saturated heterocycles. The Morgan fingerprint density at radius 3 is 2.07 bits per heavy atom. The van der Waals surface area contributed by atoms with E-state index in [1.807, 2.05) is 0 Å². The van der Waals surface area contributed by atoms with Crippen molar-refractivity contribution in [1.82, 2.24) is 0 Å². The lowest BCUT2D eigenvalue weighted by atomic mass is 10.1. The first kappa shape index (κ1) is 10.1. The summed E-state index contributed by atoms with van der Waals surface area (Å²) in [7, 11) is 0. The maximum absolute atomic E-state index is 10.6. The van der Waals surface area contributed by atoms with Gasteiger partial charge in [-0.2, -0.15) is 0 Å². The van der Waals surface area contributed by atoms with Crippen LogP contribution in [0.1, 0.15) is 11.1 Å². The lowest BCUT2D eigenvalue weighted by Gasteiger charge is -2.01. The summed E-state index contributed by atoms with van der Waals surface area (Å²) in [5.74, 6) is 0. The molecule has 0 unspecified atom stereocenters. The first-order valence-electron chi connectivity index (χ1n) is 3.84. The highest BCUT2D eigenvalue weighted by Gasteiger charge is 2.27. The van der Waals surface area contributed by atoms with Gasteiger partial charge in [-0.25, -0.2) is 0 Å². The molecule has 0 N–H and O–H groups in total. The summed E-state index contributed by atoms with van der Waals surface area (Å²) in [5, 5.41) is 21.1. The molecule has 14 heavy (non-hydrogen) atoms. The Labute approximate surface area is 79.5 Å². The van der Waals surface area contributed by atoms with Gasteiger partial charge in [-0.3, -0.25) is 20.2 Å². The van der Waals surface area contributed by atoms with E-state index < -0.39 is 21.2 Å². The third-order valence-electron chi connectivity index (χ3n) is 2.06. The number of nitro groups is 2. The molecular weight excluding hydrogens is 188 g/mol. The second-order valence-electron chi connectivity index (χ2n) is 2.89. The molecule has 0 aliphatic heterocycles. The lowest BCUT2D eigenvalue weighted by molar-refractivity contribution is -0.422. The highest BCUT2D eigenvalue weighted by molar-refractivity contribution is 5.59. The fourth-order valence-corrected chi connectivity index (χ4v) is 1.16. The minimum absolute atomic E-state index is 0.337. The summed E-state index contributed by atoms with van der Waals surface area (Å²) in [6.45, 7) is 3.17. The standard InChI is InChI=1S/C8H8N2O4/c1-5-3-4-7(9(11)12)8(6(5)2)10(13)14/h3-4H,1-2H3. The lowest BCUT2D eigenvalue weighted by Crippen LogP contribution is -2.00. The first-order valence-corrected chi connectivity index (χ1v) is 3.84. The van der Waals surface area contributed by atoms with Crippen molar-refractivity contribution in [1.29, 1.82) is 0 Å². The van der Waals surface area contributed by atoms with Crippen molar-refractivity contribution in [3.63, 3.8) is 0 Å². The Balaban J connectivity index is 3.53. The van der Waals surface area contributed by atoms with E-state index in [9.17, 15) is 20.2 Å². The van der Waals surface area contributed by atoms with E-state index in [1.165, 1.54) is 13.0 Å². The van der Waals surface area contributed by atoms with Crippen LogP contribution >= 0.6 is 0 Å². The van der Waals surface area contributed by atoms with Gasteiger partial charge in [0.25, 0.3) is 0 Å². The van der Waals surface area contributed by atoms with Gasteiger partial charge in [0.05, 0.1) is 9.85 Å². The van der Waals surface area contributed by atoms with Crippen molar-refractivity contribution in [3.05, 3.63) is 43.5 Å². The van der Waals surface area contributed by atoms with Crippen LogP contribution < -0.4 is 0 Å². The molecule has 1 aromatic carbocycles. The summed E-state index contributed by atoms with van der Waals surface area (Å²) >= 11 is 0. The van der Waals surface area contributed by atoms with Crippen LogP contribution in [-0.4, -0.2) is 9.85 Å². The van der Waals surface area contributed by atoms with Gasteiger partial charge < -0.3 is 0 Å². The van der Waals surface area contributed by atoms with Gasteiger partial charge in [-0.05, 0) is 19.4 Å². The van der Waals surface area contributed by atoms with Crippen molar-refractivity contribution >= 4 is 11.4 Å². The average Bonchev–Trinajstić information content (AvgIpc) is 2.08. The van der Waals surface area contributed by atoms with Crippen LogP contribution in [0.4, 0.5) is 11.4 Å². The zero-order chi connectivity index (χ0) is 10.9. The van der Waals surface area contributed by atoms with Crippen molar-refractivity contribution in [3.8, 4) is 0 Å². The first-order chi connectivity index (χ1) is 6.45. The van der Waals surface area contributed by atoms with Crippen LogP contribution in [0.5, 0.6) is 0 Å². The highest BCUT2D eigenvalue weighted by Crippen LogP contribution is 2.31. The maximum Gasteiger partial charge on any atom is 0.349 e. The third kappa shape index (κ3) is 1.54. The van der Waals surface area contributed by atoms with Crippen LogP contribution in [-0.2, 0) is 0 Å². The number of nitro benzene ring substituents is 2. The molecule has 74 valence electrons. The molecule has 0 aromatic heterocycles. The molecular formula is C8H8N2O4. The summed E-state index contributed by atoms with van der Waals surface area (Å²) in [6.07, 6.45) is 0. The van der Waals surface area contributed by atoms with E-state index in [2.05, 4.69) is 0 Å². The SMILES string of the molecule is Cc1ccc([N+](=O)[O-])c([N+](=O)[O-])c1C. The van der Waals surface area contributed by atoms with E-state index in [0.717, 1.165) is 6.07 Å². The predicted molar refractivity (Wildman–Crippen MR) is 49.2 cm³/mol. The summed E-state index contributed by atoms with van der Waals surface area (Å²) in [4.78, 5) is 19.6. The average molecular weight is 196 g/mol. The second kappa shape index (κ2) is 3.41. The Morgan fingerprint density at radius 1 is 1.07 bits per heavy atom. The van der Waals surface area contributed by atoms with E-state index in [-0.39, 0.29) is 0 Å². The molecule has 6 nitrogen and oxygen atoms in total. The Morgan fingerprint density at radius 2 is 1.64 bits per heavy atom. The number of benzene rings is 1. The number of nitrogens with zero attached hydrogens (tertiary/aromatic N) is 2. The van der Waals surface area contributed by atoms with Gasteiger partial charge in [-0.15, -0.1) is 0 Å². The van der Waals surface area contributed by atoms with Crippen LogP contribution in [0.25, 0.3) is 0 Å². The van der Waals surface area contributed by atoms with Crippen LogP contribution in [0.3, 0.4) is 0 Å². The van der Waals surface area contributed by atoms with Crippen LogP contribution in [0.2, 0.25) is 0 Å². The Bertz CT molecular complexity index is 414. The molecule has 0 saturated carbocycles. The van der Waals surface area contributed by atoms with E-state index in [0.29, 0.717) is 11.1 Å². The van der Waals surface area contributed by atoms with Gasteiger partial charge in [-0.1, -0.05) is 6.07 Å². The van der Waals surface area contributed by atoms with E-state index in [4.69, 9.17) is 0 Å². The molecule has 0 amide bonds. The normalized spacial score (nSPS) is 9.86. The second-order valence-corrected chi connectivity index (χ2v) is 2.89. The molecule has 0 fully saturated rings. The van der Waals surface area contributed by atoms with Gasteiger partial charge >= 0.3 is 11.4 Å². The van der Waals surface area contributed by atoms with Crippen molar-refractivity contribution in [2.75, 3.05) is 0 Å². The third-order valence-corrected chi connectivity index (χ3v) is 2.06. The predicted octanol–water partition coefficient (Wildman–Crippen LogP) is 2.12. The summed E-state index contributed by atoms with van der Waals surface area (Å²) < 4.78 is 0. The van der Waals surface area contributed by atoms with Gasteiger partial charge in [0.2, 0.25) is 0 Å². The molecule has 0 spiro atoms. The highest BCUT2D eigenvalue weighted by atomic mass is 16.6. The van der Waals surface area contributed by atoms with Gasteiger partial charge in [0.1, 0.15) is 0 Å². The number of hydrogen-bond acceptors (Lipinski definition) is 4. The van der Waals surface area contributed by atoms with E-state index >= 15 is 0 Å². The zero-order valence-corrected chi connectivity index (χ0v) is 7.68. The van der Waals surface area contributed by atoms with Gasteiger partial charge in [0, 0.05) is 11.6 Å². The molecule has 0 aliphatic carbocycles. The molecule has 0 bridgehead atoms. The molecule has 6 heteroatoms. The fourth-order valence-electron chi connectivity index (χ4n) is 1.16. The molecule has 1 aromatic rings. The topological polar surface area (TPSA) is 86.3 Å². The maximum atomic E-state index is 10.6. The Kier molecular flexibility index (Phi) is 2.46. The van der Waals surface area contributed by atoms with Crippen LogP contribution in [0.15, 0.2) is 12.1 Å². The minimum Gasteiger partial charge on any atom is -0.258 e.